The molecule has 1 atom stereocenters. The fourth-order valence-corrected chi connectivity index (χ4v) is 4.14. The molecule has 158 valence electrons. The summed E-state index contributed by atoms with van der Waals surface area (Å²) in [6, 6.07) is 17.9. The average molecular weight is 424 g/mol. The second-order valence-electron chi connectivity index (χ2n) is 8.12. The van der Waals surface area contributed by atoms with Crippen molar-refractivity contribution in [2.75, 3.05) is 13.1 Å². The van der Waals surface area contributed by atoms with Gasteiger partial charge >= 0.3 is 0 Å². The van der Waals surface area contributed by atoms with E-state index < -0.39 is 5.25 Å². The second-order valence-corrected chi connectivity index (χ2v) is 9.18. The van der Waals surface area contributed by atoms with Gasteiger partial charge in [-0.3, -0.25) is 4.79 Å². The van der Waals surface area contributed by atoms with Crippen molar-refractivity contribution in [3.05, 3.63) is 65.7 Å². The number of carbonyl (C=O) groups excluding carboxylic acids is 1. The number of thioether (sulfide) groups is 1. The van der Waals surface area contributed by atoms with E-state index in [1.165, 1.54) is 17.3 Å². The SMILES string of the molecule is CCN(CC)C(=O)C(Sc1nnc(-c2ccc(C(C)(C)C)cc2)o1)c1ccccc1. The maximum atomic E-state index is 13.1. The zero-order valence-corrected chi connectivity index (χ0v) is 19.1. The molecular formula is C24H29N3O2S. The lowest BCUT2D eigenvalue weighted by Gasteiger charge is -2.24. The molecule has 30 heavy (non-hydrogen) atoms. The first-order chi connectivity index (χ1) is 14.3. The van der Waals surface area contributed by atoms with Crippen LogP contribution < -0.4 is 0 Å². The minimum atomic E-state index is -0.428. The van der Waals surface area contributed by atoms with Gasteiger partial charge in [-0.1, -0.05) is 63.2 Å². The van der Waals surface area contributed by atoms with E-state index in [0.29, 0.717) is 24.2 Å². The summed E-state index contributed by atoms with van der Waals surface area (Å²) in [6.07, 6.45) is 0. The Hall–Kier alpha value is -2.60. The summed E-state index contributed by atoms with van der Waals surface area (Å²) in [7, 11) is 0. The number of rotatable bonds is 7. The molecule has 0 aliphatic carbocycles. The first-order valence-electron chi connectivity index (χ1n) is 10.3. The Morgan fingerprint density at radius 1 is 1.00 bits per heavy atom. The highest BCUT2D eigenvalue weighted by Crippen LogP contribution is 2.37. The van der Waals surface area contributed by atoms with Crippen LogP contribution >= 0.6 is 11.8 Å². The Kier molecular flexibility index (Phi) is 6.98. The summed E-state index contributed by atoms with van der Waals surface area (Å²) < 4.78 is 5.91. The van der Waals surface area contributed by atoms with Crippen LogP contribution in [0.3, 0.4) is 0 Å². The van der Waals surface area contributed by atoms with Gasteiger partial charge in [0.15, 0.2) is 0 Å². The van der Waals surface area contributed by atoms with Crippen LogP contribution in [0.15, 0.2) is 64.2 Å². The van der Waals surface area contributed by atoms with Crippen LogP contribution in [-0.2, 0) is 10.2 Å². The molecule has 3 rings (SSSR count). The highest BCUT2D eigenvalue weighted by atomic mass is 32.2. The van der Waals surface area contributed by atoms with Gasteiger partial charge in [-0.15, -0.1) is 10.2 Å². The zero-order chi connectivity index (χ0) is 21.7. The zero-order valence-electron chi connectivity index (χ0n) is 18.3. The fourth-order valence-electron chi connectivity index (χ4n) is 3.18. The van der Waals surface area contributed by atoms with E-state index in [1.54, 1.807) is 0 Å². The van der Waals surface area contributed by atoms with E-state index >= 15 is 0 Å². The maximum absolute atomic E-state index is 13.1. The molecule has 0 aliphatic rings. The Morgan fingerprint density at radius 2 is 1.63 bits per heavy atom. The molecule has 3 aromatic rings. The van der Waals surface area contributed by atoms with Crippen LogP contribution in [0.4, 0.5) is 0 Å². The summed E-state index contributed by atoms with van der Waals surface area (Å²) in [6.45, 7) is 11.8. The average Bonchev–Trinajstić information content (AvgIpc) is 3.21. The highest BCUT2D eigenvalue weighted by Gasteiger charge is 2.28. The number of hydrogen-bond donors (Lipinski definition) is 0. The summed E-state index contributed by atoms with van der Waals surface area (Å²) >= 11 is 1.30. The van der Waals surface area contributed by atoms with Gasteiger partial charge in [-0.25, -0.2) is 0 Å². The molecule has 0 spiro atoms. The predicted molar refractivity (Wildman–Crippen MR) is 121 cm³/mol. The van der Waals surface area contributed by atoms with Crippen molar-refractivity contribution < 1.29 is 9.21 Å². The predicted octanol–water partition coefficient (Wildman–Crippen LogP) is 5.74. The molecule has 0 bridgehead atoms. The third kappa shape index (κ3) is 5.11. The van der Waals surface area contributed by atoms with Crippen LogP contribution in [-0.4, -0.2) is 34.1 Å². The van der Waals surface area contributed by atoms with Gasteiger partial charge in [-0.05, 0) is 54.3 Å². The normalized spacial score (nSPS) is 12.6. The van der Waals surface area contributed by atoms with Crippen molar-refractivity contribution in [3.63, 3.8) is 0 Å². The van der Waals surface area contributed by atoms with E-state index in [1.807, 2.05) is 61.2 Å². The topological polar surface area (TPSA) is 59.2 Å². The highest BCUT2D eigenvalue weighted by molar-refractivity contribution is 8.00. The summed E-state index contributed by atoms with van der Waals surface area (Å²) in [5.74, 6) is 0.505. The first kappa shape index (κ1) is 22.1. The van der Waals surface area contributed by atoms with Crippen molar-refractivity contribution in [1.82, 2.24) is 15.1 Å². The maximum Gasteiger partial charge on any atom is 0.277 e. The smallest absolute Gasteiger partial charge is 0.277 e. The lowest BCUT2D eigenvalue weighted by Crippen LogP contribution is -2.33. The van der Waals surface area contributed by atoms with E-state index in [4.69, 9.17) is 4.42 Å². The van der Waals surface area contributed by atoms with Gasteiger partial charge in [0.2, 0.25) is 11.8 Å². The molecular weight excluding hydrogens is 394 g/mol. The molecule has 5 nitrogen and oxygen atoms in total. The van der Waals surface area contributed by atoms with Crippen molar-refractivity contribution in [2.45, 2.75) is 50.5 Å². The fraction of sp³-hybridized carbons (Fsp3) is 0.375. The number of likely N-dealkylation sites (N-methyl/N-ethyl adjacent to an activating group) is 1. The van der Waals surface area contributed by atoms with E-state index in [-0.39, 0.29) is 11.3 Å². The number of nitrogens with zero attached hydrogens (tertiary/aromatic N) is 3. The van der Waals surface area contributed by atoms with Crippen molar-refractivity contribution >= 4 is 17.7 Å². The quantitative estimate of drug-likeness (QED) is 0.454. The van der Waals surface area contributed by atoms with Crippen LogP contribution in [0.25, 0.3) is 11.5 Å². The largest absolute Gasteiger partial charge is 0.411 e. The van der Waals surface area contributed by atoms with Gasteiger partial charge in [0.05, 0.1) is 0 Å². The Balaban J connectivity index is 1.84. The van der Waals surface area contributed by atoms with Crippen molar-refractivity contribution in [1.29, 1.82) is 0 Å². The van der Waals surface area contributed by atoms with Gasteiger partial charge in [-0.2, -0.15) is 0 Å². The van der Waals surface area contributed by atoms with Gasteiger partial charge in [0.25, 0.3) is 5.22 Å². The molecule has 0 radical (unpaired) electrons. The van der Waals surface area contributed by atoms with Crippen LogP contribution in [0.1, 0.15) is 51.0 Å². The minimum absolute atomic E-state index is 0.0467. The molecule has 0 aliphatic heterocycles. The number of benzene rings is 2. The van der Waals surface area contributed by atoms with Crippen LogP contribution in [0.2, 0.25) is 0 Å². The molecule has 0 fully saturated rings. The lowest BCUT2D eigenvalue weighted by atomic mass is 9.87. The number of amides is 1. The standard InChI is InChI=1S/C24H29N3O2S/c1-6-27(7-2)22(28)20(17-11-9-8-10-12-17)30-23-26-25-21(29-23)18-13-15-19(16-14-18)24(3,4)5/h8-16,20H,6-7H2,1-5H3. The van der Waals surface area contributed by atoms with E-state index in [9.17, 15) is 4.79 Å². The molecule has 6 heteroatoms. The van der Waals surface area contributed by atoms with E-state index in [2.05, 4.69) is 43.1 Å². The molecule has 0 saturated heterocycles. The first-order valence-corrected chi connectivity index (χ1v) is 11.2. The number of aromatic nitrogens is 2. The monoisotopic (exact) mass is 423 g/mol. The second kappa shape index (κ2) is 9.47. The summed E-state index contributed by atoms with van der Waals surface area (Å²) in [5, 5.41) is 8.37. The van der Waals surface area contributed by atoms with Gasteiger partial charge in [0.1, 0.15) is 5.25 Å². The molecule has 1 heterocycles. The van der Waals surface area contributed by atoms with E-state index in [0.717, 1.165) is 11.1 Å². The Morgan fingerprint density at radius 3 is 2.20 bits per heavy atom. The number of hydrogen-bond acceptors (Lipinski definition) is 5. The van der Waals surface area contributed by atoms with Gasteiger partial charge in [0, 0.05) is 18.7 Å². The minimum Gasteiger partial charge on any atom is -0.411 e. The third-order valence-electron chi connectivity index (χ3n) is 5.02. The third-order valence-corrected chi connectivity index (χ3v) is 6.10. The Bertz CT molecular complexity index is 958. The molecule has 0 N–H and O–H groups in total. The van der Waals surface area contributed by atoms with Crippen LogP contribution in [0.5, 0.6) is 0 Å². The Labute approximate surface area is 182 Å². The van der Waals surface area contributed by atoms with Crippen LogP contribution in [0, 0.1) is 0 Å². The molecule has 1 amide bonds. The molecule has 2 aromatic carbocycles. The summed E-state index contributed by atoms with van der Waals surface area (Å²) in [4.78, 5) is 15.0. The lowest BCUT2D eigenvalue weighted by molar-refractivity contribution is -0.130. The summed E-state index contributed by atoms with van der Waals surface area (Å²) in [5.41, 5.74) is 3.12. The van der Waals surface area contributed by atoms with Crippen molar-refractivity contribution in [3.8, 4) is 11.5 Å². The molecule has 1 aromatic heterocycles. The molecule has 0 saturated carbocycles. The molecule has 1 unspecified atom stereocenters. The van der Waals surface area contributed by atoms with Gasteiger partial charge < -0.3 is 9.32 Å². The van der Waals surface area contributed by atoms with Crippen molar-refractivity contribution in [2.24, 2.45) is 0 Å². The number of carbonyl (C=O) groups is 1.